The number of nitrogens with zero attached hydrogens (tertiary/aromatic N) is 1. The second-order valence-corrected chi connectivity index (χ2v) is 1.83. The molecule has 0 atom stereocenters. The van der Waals surface area contributed by atoms with Crippen LogP contribution in [-0.4, -0.2) is 5.84 Å². The number of amidine groups is 1. The van der Waals surface area contributed by atoms with Crippen LogP contribution in [0.1, 0.15) is 5.69 Å². The van der Waals surface area contributed by atoms with E-state index in [0.717, 1.165) is 0 Å². The lowest BCUT2D eigenvalue weighted by Gasteiger charge is -1.99. The highest BCUT2D eigenvalue weighted by atomic mass is 35.5. The monoisotopic (exact) mass is 173 g/mol. The number of nitrogens with one attached hydrogen (secondary N) is 1. The zero-order valence-corrected chi connectivity index (χ0v) is 6.47. The van der Waals surface area contributed by atoms with Crippen molar-refractivity contribution in [3.05, 3.63) is 35.3 Å². The van der Waals surface area contributed by atoms with Crippen molar-refractivity contribution >= 4 is 18.2 Å². The van der Waals surface area contributed by atoms with E-state index in [9.17, 15) is 5.21 Å². The van der Waals surface area contributed by atoms with Crippen LogP contribution in [0.5, 0.6) is 0 Å². The van der Waals surface area contributed by atoms with Gasteiger partial charge in [-0.05, 0) is 6.07 Å². The molecule has 0 aromatic carbocycles. The average Bonchev–Trinajstić information content (AvgIpc) is 1.88. The maximum absolute atomic E-state index is 10.8. The SMILES string of the molecule is Cl.N=C(N)c1cccc[n+]1[O-]. The van der Waals surface area contributed by atoms with Crippen molar-refractivity contribution in [3.63, 3.8) is 0 Å². The lowest BCUT2D eigenvalue weighted by Crippen LogP contribution is -2.36. The van der Waals surface area contributed by atoms with Crippen molar-refractivity contribution in [2.75, 3.05) is 0 Å². The van der Waals surface area contributed by atoms with Crippen LogP contribution in [-0.2, 0) is 0 Å². The maximum atomic E-state index is 10.8. The minimum atomic E-state index is -0.212. The molecule has 0 radical (unpaired) electrons. The van der Waals surface area contributed by atoms with Crippen molar-refractivity contribution in [2.45, 2.75) is 0 Å². The molecule has 5 heteroatoms. The predicted octanol–water partition coefficient (Wildman–Crippen LogP) is 0.0259. The lowest BCUT2D eigenvalue weighted by molar-refractivity contribution is -0.607. The Labute approximate surface area is 70.2 Å². The van der Waals surface area contributed by atoms with Crippen LogP contribution in [0.15, 0.2) is 24.4 Å². The zero-order valence-electron chi connectivity index (χ0n) is 5.65. The molecule has 0 saturated heterocycles. The Balaban J connectivity index is 0.000001000. The van der Waals surface area contributed by atoms with E-state index in [-0.39, 0.29) is 23.9 Å². The van der Waals surface area contributed by atoms with Crippen molar-refractivity contribution in [3.8, 4) is 0 Å². The zero-order chi connectivity index (χ0) is 7.56. The molecule has 0 fully saturated rings. The summed E-state index contributed by atoms with van der Waals surface area (Å²) in [6.45, 7) is 0. The van der Waals surface area contributed by atoms with Gasteiger partial charge in [0, 0.05) is 12.1 Å². The highest BCUT2D eigenvalue weighted by Gasteiger charge is 2.04. The van der Waals surface area contributed by atoms with E-state index in [1.165, 1.54) is 12.3 Å². The third kappa shape index (κ3) is 2.09. The molecule has 0 unspecified atom stereocenters. The molecule has 0 amide bonds. The van der Waals surface area contributed by atoms with Gasteiger partial charge in [-0.1, -0.05) is 0 Å². The van der Waals surface area contributed by atoms with E-state index >= 15 is 0 Å². The predicted molar refractivity (Wildman–Crippen MR) is 43.7 cm³/mol. The summed E-state index contributed by atoms with van der Waals surface area (Å²) < 4.78 is 0.558. The summed E-state index contributed by atoms with van der Waals surface area (Å²) in [5.74, 6) is -0.212. The van der Waals surface area contributed by atoms with E-state index in [1.807, 2.05) is 0 Å². The first kappa shape index (κ1) is 9.71. The molecule has 1 aromatic rings. The van der Waals surface area contributed by atoms with Crippen molar-refractivity contribution in [2.24, 2.45) is 5.73 Å². The number of hydrogen-bond donors (Lipinski definition) is 2. The van der Waals surface area contributed by atoms with Crippen molar-refractivity contribution in [1.29, 1.82) is 5.41 Å². The number of nitrogen functional groups attached to an aromatic ring is 1. The van der Waals surface area contributed by atoms with Crippen LogP contribution in [0.3, 0.4) is 0 Å². The normalized spacial score (nSPS) is 8.36. The Hall–Kier alpha value is -1.29. The number of nitrogens with two attached hydrogens (primary N) is 1. The van der Waals surface area contributed by atoms with Crippen LogP contribution in [0, 0.1) is 10.6 Å². The Kier molecular flexibility index (Phi) is 3.33. The molecule has 1 aromatic heterocycles. The molecule has 0 bridgehead atoms. The second kappa shape index (κ2) is 3.78. The molecule has 1 heterocycles. The standard InChI is InChI=1S/C6H7N3O.ClH/c7-6(8)5-3-1-2-4-9(5)10;/h1-4H,(H3,7,8);1H. The number of hydrogen-bond acceptors (Lipinski definition) is 2. The number of aromatic nitrogens is 1. The number of rotatable bonds is 1. The number of halogens is 1. The Morgan fingerprint density at radius 2 is 2.18 bits per heavy atom. The smallest absolute Gasteiger partial charge is 0.258 e. The maximum Gasteiger partial charge on any atom is 0.258 e. The molecule has 60 valence electrons. The van der Waals surface area contributed by atoms with Crippen LogP contribution in [0.25, 0.3) is 0 Å². The van der Waals surface area contributed by atoms with E-state index in [0.29, 0.717) is 4.73 Å². The van der Waals surface area contributed by atoms with Crippen LogP contribution < -0.4 is 10.5 Å². The molecule has 3 N–H and O–H groups in total. The van der Waals surface area contributed by atoms with Gasteiger partial charge in [0.15, 0.2) is 12.0 Å². The molecule has 0 spiro atoms. The van der Waals surface area contributed by atoms with E-state index in [2.05, 4.69) is 0 Å². The molecule has 0 aliphatic rings. The summed E-state index contributed by atoms with van der Waals surface area (Å²) in [6, 6.07) is 4.74. The summed E-state index contributed by atoms with van der Waals surface area (Å²) in [6.07, 6.45) is 1.30. The van der Waals surface area contributed by atoms with Gasteiger partial charge in [0.1, 0.15) is 0 Å². The molecular formula is C6H8ClN3O. The van der Waals surface area contributed by atoms with Crippen LogP contribution in [0.2, 0.25) is 0 Å². The summed E-state index contributed by atoms with van der Waals surface area (Å²) >= 11 is 0. The van der Waals surface area contributed by atoms with Gasteiger partial charge in [-0.3, -0.25) is 5.41 Å². The fraction of sp³-hybridized carbons (Fsp3) is 0. The fourth-order valence-electron chi connectivity index (χ4n) is 0.637. The van der Waals surface area contributed by atoms with Crippen molar-refractivity contribution in [1.82, 2.24) is 0 Å². The Morgan fingerprint density at radius 1 is 1.55 bits per heavy atom. The van der Waals surface area contributed by atoms with E-state index in [4.69, 9.17) is 11.1 Å². The van der Waals surface area contributed by atoms with Gasteiger partial charge < -0.3 is 10.9 Å². The molecule has 0 aliphatic carbocycles. The summed E-state index contributed by atoms with van der Waals surface area (Å²) in [4.78, 5) is 0. The topological polar surface area (TPSA) is 76.8 Å². The molecule has 0 saturated carbocycles. The van der Waals surface area contributed by atoms with E-state index < -0.39 is 0 Å². The van der Waals surface area contributed by atoms with Gasteiger partial charge >= 0.3 is 0 Å². The summed E-state index contributed by atoms with van der Waals surface area (Å²) in [5, 5.41) is 17.7. The van der Waals surface area contributed by atoms with Gasteiger partial charge in [0.2, 0.25) is 0 Å². The Bertz CT molecular complexity index is 264. The Morgan fingerprint density at radius 3 is 2.55 bits per heavy atom. The number of pyridine rings is 1. The van der Waals surface area contributed by atoms with Crippen LogP contribution in [0.4, 0.5) is 0 Å². The van der Waals surface area contributed by atoms with Gasteiger partial charge in [0.25, 0.3) is 5.69 Å². The molecule has 0 aliphatic heterocycles. The van der Waals surface area contributed by atoms with Gasteiger partial charge in [-0.25, -0.2) is 0 Å². The van der Waals surface area contributed by atoms with Gasteiger partial charge in [-0.15, -0.1) is 12.4 Å². The van der Waals surface area contributed by atoms with Gasteiger partial charge in [0.05, 0.1) is 0 Å². The minimum absolute atomic E-state index is 0. The fourth-order valence-corrected chi connectivity index (χ4v) is 0.637. The quantitative estimate of drug-likeness (QED) is 0.272. The van der Waals surface area contributed by atoms with Crippen LogP contribution >= 0.6 is 12.4 Å². The van der Waals surface area contributed by atoms with Crippen molar-refractivity contribution < 1.29 is 4.73 Å². The third-order valence-electron chi connectivity index (χ3n) is 1.10. The highest BCUT2D eigenvalue weighted by molar-refractivity contribution is 5.91. The molecular weight excluding hydrogens is 166 g/mol. The molecule has 1 rings (SSSR count). The summed E-state index contributed by atoms with van der Waals surface area (Å²) in [5.41, 5.74) is 5.26. The third-order valence-corrected chi connectivity index (χ3v) is 1.10. The first-order valence-corrected chi connectivity index (χ1v) is 2.74. The van der Waals surface area contributed by atoms with E-state index in [1.54, 1.807) is 12.1 Å². The highest BCUT2D eigenvalue weighted by Crippen LogP contribution is 1.86. The lowest BCUT2D eigenvalue weighted by atomic mass is 10.3. The first-order chi connectivity index (χ1) is 4.72. The molecule has 11 heavy (non-hydrogen) atoms. The summed E-state index contributed by atoms with van der Waals surface area (Å²) in [7, 11) is 0. The molecule has 4 nitrogen and oxygen atoms in total. The average molecular weight is 174 g/mol. The minimum Gasteiger partial charge on any atom is -0.618 e. The first-order valence-electron chi connectivity index (χ1n) is 2.74. The van der Waals surface area contributed by atoms with Gasteiger partial charge in [-0.2, -0.15) is 4.73 Å². The largest absolute Gasteiger partial charge is 0.618 e. The second-order valence-electron chi connectivity index (χ2n) is 1.83.